The van der Waals surface area contributed by atoms with Gasteiger partial charge in [-0.3, -0.25) is 9.59 Å². The summed E-state index contributed by atoms with van der Waals surface area (Å²) in [5.74, 6) is 2.12. The minimum absolute atomic E-state index is 0.0336. The number of carbonyl (C=O) groups is 2. The van der Waals surface area contributed by atoms with Crippen LogP contribution in [0.25, 0.3) is 11.5 Å². The van der Waals surface area contributed by atoms with E-state index in [-0.39, 0.29) is 18.4 Å². The second-order valence-corrected chi connectivity index (χ2v) is 8.93. The third kappa shape index (κ3) is 6.52. The maximum absolute atomic E-state index is 12.6. The number of hydrogen-bond donors (Lipinski definition) is 0. The van der Waals surface area contributed by atoms with Crippen LogP contribution in [0, 0.1) is 0 Å². The van der Waals surface area contributed by atoms with Crippen LogP contribution in [0.5, 0.6) is 5.75 Å². The zero-order valence-corrected chi connectivity index (χ0v) is 19.6. The number of ether oxygens (including phenoxy) is 1. The van der Waals surface area contributed by atoms with E-state index in [2.05, 4.69) is 4.98 Å². The SMILES string of the molecule is O=C(COc1ccc(Cl)cc1)N1CCN(C(=O)CSCc2coc(-c3ccccc3)n2)CC1. The number of oxazole rings is 1. The van der Waals surface area contributed by atoms with E-state index in [4.69, 9.17) is 20.8 Å². The Hall–Kier alpha value is -2.97. The summed E-state index contributed by atoms with van der Waals surface area (Å²) in [6.45, 7) is 2.02. The van der Waals surface area contributed by atoms with Gasteiger partial charge in [-0.05, 0) is 36.4 Å². The second kappa shape index (κ2) is 11.2. The van der Waals surface area contributed by atoms with Crippen LogP contribution in [-0.2, 0) is 15.3 Å². The minimum Gasteiger partial charge on any atom is -0.484 e. The first-order chi connectivity index (χ1) is 16.1. The number of benzene rings is 2. The van der Waals surface area contributed by atoms with Crippen molar-refractivity contribution in [2.24, 2.45) is 0 Å². The lowest BCUT2D eigenvalue weighted by Gasteiger charge is -2.34. The van der Waals surface area contributed by atoms with E-state index in [0.717, 1.165) is 11.3 Å². The Kier molecular flexibility index (Phi) is 7.91. The van der Waals surface area contributed by atoms with E-state index >= 15 is 0 Å². The number of hydrogen-bond acceptors (Lipinski definition) is 6. The summed E-state index contributed by atoms with van der Waals surface area (Å²) in [6, 6.07) is 16.6. The molecule has 1 saturated heterocycles. The summed E-state index contributed by atoms with van der Waals surface area (Å²) in [6.07, 6.45) is 1.64. The molecule has 0 aliphatic carbocycles. The maximum atomic E-state index is 12.6. The first kappa shape index (κ1) is 23.2. The van der Waals surface area contributed by atoms with E-state index in [9.17, 15) is 9.59 Å². The number of aromatic nitrogens is 1. The molecule has 1 aliphatic rings. The topological polar surface area (TPSA) is 75.9 Å². The van der Waals surface area contributed by atoms with Gasteiger partial charge >= 0.3 is 0 Å². The molecular weight excluding hydrogens is 462 g/mol. The van der Waals surface area contributed by atoms with Gasteiger partial charge in [0.1, 0.15) is 12.0 Å². The Balaban J connectivity index is 1.15. The molecule has 1 aliphatic heterocycles. The Morgan fingerprint density at radius 2 is 1.64 bits per heavy atom. The van der Waals surface area contributed by atoms with Crippen molar-refractivity contribution in [3.05, 3.63) is 71.6 Å². The molecule has 172 valence electrons. The van der Waals surface area contributed by atoms with Crippen LogP contribution in [0.15, 0.2) is 65.3 Å². The zero-order valence-electron chi connectivity index (χ0n) is 18.0. The number of nitrogens with zero attached hydrogens (tertiary/aromatic N) is 3. The van der Waals surface area contributed by atoms with E-state index in [1.165, 1.54) is 11.8 Å². The van der Waals surface area contributed by atoms with Crippen LogP contribution in [0.3, 0.4) is 0 Å². The first-order valence-corrected chi connectivity index (χ1v) is 12.1. The molecule has 2 heterocycles. The predicted octanol–water partition coefficient (Wildman–Crippen LogP) is 3.98. The highest BCUT2D eigenvalue weighted by Gasteiger charge is 2.24. The van der Waals surface area contributed by atoms with Gasteiger partial charge in [0, 0.05) is 42.5 Å². The molecule has 0 spiro atoms. The molecular formula is C24H24ClN3O4S. The number of carbonyl (C=O) groups excluding carboxylic acids is 2. The quantitative estimate of drug-likeness (QED) is 0.480. The average molecular weight is 486 g/mol. The molecule has 9 heteroatoms. The lowest BCUT2D eigenvalue weighted by Crippen LogP contribution is -2.52. The molecule has 0 saturated carbocycles. The molecule has 33 heavy (non-hydrogen) atoms. The number of piperazine rings is 1. The summed E-state index contributed by atoms with van der Waals surface area (Å²) in [7, 11) is 0. The maximum Gasteiger partial charge on any atom is 0.260 e. The van der Waals surface area contributed by atoms with Crippen LogP contribution in [-0.4, -0.2) is 65.1 Å². The summed E-state index contributed by atoms with van der Waals surface area (Å²) in [5, 5.41) is 0.616. The standard InChI is InChI=1S/C24H24ClN3O4S/c25-19-6-8-21(9-7-19)31-15-22(29)27-10-12-28(13-11-27)23(30)17-33-16-20-14-32-24(26-20)18-4-2-1-3-5-18/h1-9,14H,10-13,15-17H2. The summed E-state index contributed by atoms with van der Waals surface area (Å²) < 4.78 is 11.1. The van der Waals surface area contributed by atoms with E-state index in [1.54, 1.807) is 40.3 Å². The van der Waals surface area contributed by atoms with Gasteiger partial charge < -0.3 is 19.0 Å². The Labute approximate surface area is 201 Å². The lowest BCUT2D eigenvalue weighted by molar-refractivity contribution is -0.139. The molecule has 2 aromatic carbocycles. The van der Waals surface area contributed by atoms with Crippen molar-refractivity contribution in [3.63, 3.8) is 0 Å². The molecule has 0 atom stereocenters. The second-order valence-electron chi connectivity index (χ2n) is 7.51. The van der Waals surface area contributed by atoms with Crippen LogP contribution in [0.1, 0.15) is 5.69 Å². The molecule has 0 radical (unpaired) electrons. The van der Waals surface area contributed by atoms with Gasteiger partial charge in [-0.2, -0.15) is 0 Å². The Morgan fingerprint density at radius 1 is 0.970 bits per heavy atom. The molecule has 0 N–H and O–H groups in total. The van der Waals surface area contributed by atoms with E-state index < -0.39 is 0 Å². The molecule has 7 nitrogen and oxygen atoms in total. The van der Waals surface area contributed by atoms with Crippen molar-refractivity contribution in [1.29, 1.82) is 0 Å². The van der Waals surface area contributed by atoms with Crippen LogP contribution >= 0.6 is 23.4 Å². The third-order valence-electron chi connectivity index (χ3n) is 5.21. The fourth-order valence-corrected chi connectivity index (χ4v) is 4.32. The highest BCUT2D eigenvalue weighted by atomic mass is 35.5. The number of halogens is 1. The number of thioether (sulfide) groups is 1. The van der Waals surface area contributed by atoms with Crippen molar-refractivity contribution in [3.8, 4) is 17.2 Å². The van der Waals surface area contributed by atoms with Crippen LogP contribution in [0.4, 0.5) is 0 Å². The van der Waals surface area contributed by atoms with Crippen molar-refractivity contribution in [1.82, 2.24) is 14.8 Å². The average Bonchev–Trinajstić information content (AvgIpc) is 3.33. The Bertz CT molecular complexity index is 1070. The molecule has 0 unspecified atom stereocenters. The molecule has 3 aromatic rings. The molecule has 0 bridgehead atoms. The highest BCUT2D eigenvalue weighted by Crippen LogP contribution is 2.21. The number of rotatable bonds is 8. The normalized spacial score (nSPS) is 13.7. The minimum atomic E-state index is -0.0910. The van der Waals surface area contributed by atoms with E-state index in [1.807, 2.05) is 30.3 Å². The van der Waals surface area contributed by atoms with Crippen molar-refractivity contribution in [2.75, 3.05) is 38.5 Å². The smallest absolute Gasteiger partial charge is 0.260 e. The lowest BCUT2D eigenvalue weighted by atomic mass is 10.2. The van der Waals surface area contributed by atoms with Crippen molar-refractivity contribution >= 4 is 35.2 Å². The summed E-state index contributed by atoms with van der Waals surface area (Å²) in [4.78, 5) is 33.0. The first-order valence-electron chi connectivity index (χ1n) is 10.6. The predicted molar refractivity (Wildman–Crippen MR) is 128 cm³/mol. The number of amides is 2. The summed E-state index contributed by atoms with van der Waals surface area (Å²) >= 11 is 7.36. The van der Waals surface area contributed by atoms with Crippen molar-refractivity contribution in [2.45, 2.75) is 5.75 Å². The largest absolute Gasteiger partial charge is 0.484 e. The molecule has 2 amide bonds. The Morgan fingerprint density at radius 3 is 2.33 bits per heavy atom. The summed E-state index contributed by atoms with van der Waals surface area (Å²) in [5.41, 5.74) is 1.73. The molecule has 4 rings (SSSR count). The molecule has 1 aromatic heterocycles. The van der Waals surface area contributed by atoms with Gasteiger partial charge in [-0.25, -0.2) is 4.98 Å². The zero-order chi connectivity index (χ0) is 23.0. The van der Waals surface area contributed by atoms with Gasteiger partial charge in [0.05, 0.1) is 11.4 Å². The van der Waals surface area contributed by atoms with Gasteiger partial charge in [-0.1, -0.05) is 29.8 Å². The van der Waals surface area contributed by atoms with Gasteiger partial charge in [0.25, 0.3) is 5.91 Å². The van der Waals surface area contributed by atoms with Gasteiger partial charge in [0.2, 0.25) is 11.8 Å². The van der Waals surface area contributed by atoms with Gasteiger partial charge in [-0.15, -0.1) is 11.8 Å². The fourth-order valence-electron chi connectivity index (χ4n) is 3.39. The van der Waals surface area contributed by atoms with Crippen LogP contribution < -0.4 is 4.74 Å². The molecule has 1 fully saturated rings. The third-order valence-corrected chi connectivity index (χ3v) is 6.41. The van der Waals surface area contributed by atoms with Crippen molar-refractivity contribution < 1.29 is 18.7 Å². The highest BCUT2D eigenvalue weighted by molar-refractivity contribution is 7.99. The van der Waals surface area contributed by atoms with E-state index in [0.29, 0.717) is 54.3 Å². The monoisotopic (exact) mass is 485 g/mol. The van der Waals surface area contributed by atoms with Crippen LogP contribution in [0.2, 0.25) is 5.02 Å². The fraction of sp³-hybridized carbons (Fsp3) is 0.292. The van der Waals surface area contributed by atoms with Gasteiger partial charge in [0.15, 0.2) is 6.61 Å².